The highest BCUT2D eigenvalue weighted by Gasteiger charge is 2.39. The van der Waals surface area contributed by atoms with Crippen LogP contribution in [-0.4, -0.2) is 16.7 Å². The molecule has 4 rings (SSSR count). The van der Waals surface area contributed by atoms with Crippen LogP contribution in [-0.2, 0) is 16.1 Å². The van der Waals surface area contributed by atoms with Gasteiger partial charge in [0.1, 0.15) is 16.4 Å². The maximum absolute atomic E-state index is 14.2. The van der Waals surface area contributed by atoms with E-state index in [4.69, 9.17) is 11.6 Å². The lowest BCUT2D eigenvalue weighted by Gasteiger charge is -2.15. The number of carbonyl (C=O) groups excluding carboxylic acids is 2. The Hall–Kier alpha value is -3.09. The summed E-state index contributed by atoms with van der Waals surface area (Å²) in [6, 6.07) is 22.2. The first-order valence-electron chi connectivity index (χ1n) is 9.12. The van der Waals surface area contributed by atoms with Gasteiger partial charge in [-0.1, -0.05) is 65.8 Å². The third-order valence-electron chi connectivity index (χ3n) is 4.48. The molecule has 3 aromatic carbocycles. The predicted molar refractivity (Wildman–Crippen MR) is 116 cm³/mol. The van der Waals surface area contributed by atoms with Crippen molar-refractivity contribution in [3.8, 4) is 0 Å². The van der Waals surface area contributed by atoms with Crippen molar-refractivity contribution in [3.63, 3.8) is 0 Å². The molecule has 0 saturated carbocycles. The maximum Gasteiger partial charge on any atom is 0.278 e. The number of hydrogen-bond donors (Lipinski definition) is 1. The minimum atomic E-state index is -0.511. The molecule has 30 heavy (non-hydrogen) atoms. The zero-order valence-electron chi connectivity index (χ0n) is 15.6. The summed E-state index contributed by atoms with van der Waals surface area (Å²) >= 11 is 7.09. The lowest BCUT2D eigenvalue weighted by molar-refractivity contribution is -0.137. The van der Waals surface area contributed by atoms with Gasteiger partial charge in [-0.05, 0) is 42.0 Å². The Balaban J connectivity index is 1.69. The predicted octanol–water partition coefficient (Wildman–Crippen LogP) is 5.46. The van der Waals surface area contributed by atoms with Crippen molar-refractivity contribution in [1.29, 1.82) is 0 Å². The maximum atomic E-state index is 14.2. The average Bonchev–Trinajstić information content (AvgIpc) is 2.96. The fourth-order valence-corrected chi connectivity index (χ4v) is 4.06. The normalized spacial score (nSPS) is 13.9. The number of rotatable bonds is 6. The summed E-state index contributed by atoms with van der Waals surface area (Å²) in [4.78, 5) is 28.4. The molecular formula is C23H16ClFN2O2S. The number of hydrogen-bond acceptors (Lipinski definition) is 4. The van der Waals surface area contributed by atoms with Gasteiger partial charge in [-0.15, -0.1) is 0 Å². The Kier molecular flexibility index (Phi) is 5.88. The lowest BCUT2D eigenvalue weighted by Crippen LogP contribution is -2.32. The van der Waals surface area contributed by atoms with Gasteiger partial charge in [0.25, 0.3) is 11.8 Å². The summed E-state index contributed by atoms with van der Waals surface area (Å²) in [6.45, 7) is 0.131. The molecule has 2 amide bonds. The van der Waals surface area contributed by atoms with Crippen LogP contribution in [0.4, 0.5) is 10.1 Å². The number of nitrogens with zero attached hydrogens (tertiary/aromatic N) is 1. The molecule has 1 aliphatic heterocycles. The van der Waals surface area contributed by atoms with Gasteiger partial charge < -0.3 is 5.32 Å². The van der Waals surface area contributed by atoms with E-state index in [2.05, 4.69) is 5.32 Å². The lowest BCUT2D eigenvalue weighted by atomic mass is 10.2. The first kappa shape index (κ1) is 20.2. The second-order valence-electron chi connectivity index (χ2n) is 6.55. The van der Waals surface area contributed by atoms with Gasteiger partial charge in [-0.3, -0.25) is 14.5 Å². The topological polar surface area (TPSA) is 49.4 Å². The Morgan fingerprint density at radius 1 is 0.867 bits per heavy atom. The minimum absolute atomic E-state index is 0.0565. The van der Waals surface area contributed by atoms with Crippen molar-refractivity contribution >= 4 is 40.9 Å². The highest BCUT2D eigenvalue weighted by atomic mass is 35.5. The summed E-state index contributed by atoms with van der Waals surface area (Å²) in [5, 5.41) is 3.40. The van der Waals surface area contributed by atoms with E-state index in [0.717, 1.165) is 27.1 Å². The molecule has 0 spiro atoms. The van der Waals surface area contributed by atoms with Gasteiger partial charge in [0.2, 0.25) is 0 Å². The number of nitrogens with one attached hydrogen (secondary N) is 1. The Bertz CT molecular complexity index is 1130. The fourth-order valence-electron chi connectivity index (χ4n) is 2.99. The standard InChI is InChI=1S/C23H16ClFN2O2S/c24-16-10-12-17(13-11-16)30-21-20(26-19-9-5-4-8-18(19)25)22(28)27(23(21)29)14-15-6-2-1-3-7-15/h1-13,26H,14H2. The van der Waals surface area contributed by atoms with E-state index in [1.807, 2.05) is 30.3 Å². The van der Waals surface area contributed by atoms with Gasteiger partial charge >= 0.3 is 0 Å². The monoisotopic (exact) mass is 438 g/mol. The molecule has 3 aromatic rings. The molecule has 150 valence electrons. The molecule has 0 aliphatic carbocycles. The van der Waals surface area contributed by atoms with Crippen LogP contribution in [0, 0.1) is 5.82 Å². The molecule has 0 saturated heterocycles. The molecule has 0 unspecified atom stereocenters. The highest BCUT2D eigenvalue weighted by Crippen LogP contribution is 2.37. The Morgan fingerprint density at radius 2 is 1.53 bits per heavy atom. The number of thioether (sulfide) groups is 1. The summed E-state index contributed by atoms with van der Waals surface area (Å²) in [7, 11) is 0. The number of anilines is 1. The first-order valence-corrected chi connectivity index (χ1v) is 10.3. The molecule has 0 aromatic heterocycles. The molecule has 1 aliphatic rings. The molecule has 7 heteroatoms. The van der Waals surface area contributed by atoms with Gasteiger partial charge in [0, 0.05) is 9.92 Å². The zero-order chi connectivity index (χ0) is 21.1. The van der Waals surface area contributed by atoms with Crippen LogP contribution in [0.3, 0.4) is 0 Å². The van der Waals surface area contributed by atoms with E-state index in [-0.39, 0.29) is 22.8 Å². The third kappa shape index (κ3) is 4.25. The molecule has 1 N–H and O–H groups in total. The van der Waals surface area contributed by atoms with Crippen molar-refractivity contribution in [1.82, 2.24) is 4.90 Å². The summed E-state index contributed by atoms with van der Waals surface area (Å²) in [5.41, 5.74) is 1.01. The van der Waals surface area contributed by atoms with E-state index < -0.39 is 17.6 Å². The number of amides is 2. The number of benzene rings is 3. The quantitative estimate of drug-likeness (QED) is 0.519. The van der Waals surface area contributed by atoms with Crippen molar-refractivity contribution < 1.29 is 14.0 Å². The van der Waals surface area contributed by atoms with Crippen LogP contribution >= 0.6 is 23.4 Å². The van der Waals surface area contributed by atoms with E-state index in [1.165, 1.54) is 12.1 Å². The van der Waals surface area contributed by atoms with Crippen LogP contribution < -0.4 is 5.32 Å². The first-order chi connectivity index (χ1) is 14.5. The molecule has 0 fully saturated rings. The van der Waals surface area contributed by atoms with E-state index in [1.54, 1.807) is 36.4 Å². The van der Waals surface area contributed by atoms with Gasteiger partial charge in [-0.25, -0.2) is 4.39 Å². The van der Waals surface area contributed by atoms with Crippen molar-refractivity contribution in [2.45, 2.75) is 11.4 Å². The second-order valence-corrected chi connectivity index (χ2v) is 8.07. The Morgan fingerprint density at radius 3 is 2.23 bits per heavy atom. The van der Waals surface area contributed by atoms with Crippen LogP contribution in [0.25, 0.3) is 0 Å². The minimum Gasteiger partial charge on any atom is -0.348 e. The highest BCUT2D eigenvalue weighted by molar-refractivity contribution is 8.04. The smallest absolute Gasteiger partial charge is 0.278 e. The molecule has 0 atom stereocenters. The van der Waals surface area contributed by atoms with Crippen LogP contribution in [0.2, 0.25) is 5.02 Å². The van der Waals surface area contributed by atoms with Gasteiger partial charge in [0.05, 0.1) is 12.2 Å². The average molecular weight is 439 g/mol. The SMILES string of the molecule is O=C1C(Nc2ccccc2F)=C(Sc2ccc(Cl)cc2)C(=O)N1Cc1ccccc1. The van der Waals surface area contributed by atoms with Crippen molar-refractivity contribution in [2.75, 3.05) is 5.32 Å². The molecular weight excluding hydrogens is 423 g/mol. The van der Waals surface area contributed by atoms with Gasteiger partial charge in [-0.2, -0.15) is 0 Å². The second kappa shape index (κ2) is 8.73. The summed E-state index contributed by atoms with van der Waals surface area (Å²) in [5.74, 6) is -1.44. The number of para-hydroxylation sites is 1. The van der Waals surface area contributed by atoms with E-state index >= 15 is 0 Å². The van der Waals surface area contributed by atoms with E-state index in [9.17, 15) is 14.0 Å². The van der Waals surface area contributed by atoms with Crippen LogP contribution in [0.15, 0.2) is 94.4 Å². The van der Waals surface area contributed by atoms with Gasteiger partial charge in [0.15, 0.2) is 0 Å². The largest absolute Gasteiger partial charge is 0.348 e. The third-order valence-corrected chi connectivity index (χ3v) is 5.82. The van der Waals surface area contributed by atoms with Crippen molar-refractivity contribution in [2.24, 2.45) is 0 Å². The number of carbonyl (C=O) groups is 2. The Labute approximate surface area is 182 Å². The molecule has 0 bridgehead atoms. The van der Waals surface area contributed by atoms with Crippen LogP contribution in [0.1, 0.15) is 5.56 Å². The summed E-state index contributed by atoms with van der Waals surface area (Å²) in [6.07, 6.45) is 0. The number of imide groups is 1. The van der Waals surface area contributed by atoms with Crippen LogP contribution in [0.5, 0.6) is 0 Å². The molecule has 0 radical (unpaired) electrons. The molecule has 1 heterocycles. The summed E-state index contributed by atoms with van der Waals surface area (Å²) < 4.78 is 14.2. The molecule has 4 nitrogen and oxygen atoms in total. The van der Waals surface area contributed by atoms with Crippen molar-refractivity contribution in [3.05, 3.63) is 106 Å². The zero-order valence-corrected chi connectivity index (χ0v) is 17.2. The fraction of sp³-hybridized carbons (Fsp3) is 0.0435. The number of halogens is 2. The van der Waals surface area contributed by atoms with E-state index in [0.29, 0.717) is 5.02 Å².